The van der Waals surface area contributed by atoms with E-state index >= 15 is 0 Å². The number of anilines is 2. The van der Waals surface area contributed by atoms with Gasteiger partial charge in [-0.2, -0.15) is 0 Å². The van der Waals surface area contributed by atoms with E-state index in [4.69, 9.17) is 4.74 Å². The number of aromatic nitrogens is 2. The number of piperazine rings is 2. The Balaban J connectivity index is 1.40. The summed E-state index contributed by atoms with van der Waals surface area (Å²) in [7, 11) is 0. The highest BCUT2D eigenvalue weighted by atomic mass is 16.6. The first-order valence-electron chi connectivity index (χ1n) is 12.2. The van der Waals surface area contributed by atoms with Crippen molar-refractivity contribution in [3.63, 3.8) is 0 Å². The Morgan fingerprint density at radius 1 is 1.08 bits per heavy atom. The molecule has 2 saturated heterocycles. The predicted octanol–water partition coefficient (Wildman–Crippen LogP) is 1.55. The number of nitrogens with zero attached hydrogens (tertiary/aromatic N) is 7. The maximum atomic E-state index is 13.9. The third-order valence-electron chi connectivity index (χ3n) is 7.18. The minimum Gasteiger partial charge on any atom is -0.450 e. The summed E-state index contributed by atoms with van der Waals surface area (Å²) in [6.45, 7) is 5.65. The van der Waals surface area contributed by atoms with Crippen LogP contribution >= 0.6 is 0 Å². The van der Waals surface area contributed by atoms with E-state index in [0.717, 1.165) is 11.3 Å². The summed E-state index contributed by atoms with van der Waals surface area (Å²) in [6.07, 6.45) is 3.46. The molecule has 3 aliphatic rings. The molecule has 190 valence electrons. The molecule has 2 fully saturated rings. The van der Waals surface area contributed by atoms with Crippen molar-refractivity contribution >= 4 is 29.3 Å². The zero-order chi connectivity index (χ0) is 25.2. The number of fused-ring (bicyclic) bond motifs is 3. The number of amides is 2. The Labute approximate surface area is 208 Å². The van der Waals surface area contributed by atoms with Crippen molar-refractivity contribution in [3.05, 3.63) is 52.3 Å². The number of nitro groups is 1. The fourth-order valence-electron chi connectivity index (χ4n) is 5.40. The van der Waals surface area contributed by atoms with E-state index in [-0.39, 0.29) is 29.6 Å². The summed E-state index contributed by atoms with van der Waals surface area (Å²) >= 11 is 0. The van der Waals surface area contributed by atoms with Crippen molar-refractivity contribution < 1.29 is 19.2 Å². The molecule has 36 heavy (non-hydrogen) atoms. The van der Waals surface area contributed by atoms with Crippen LogP contribution in [-0.4, -0.2) is 95.2 Å². The van der Waals surface area contributed by atoms with Gasteiger partial charge in [0.25, 0.3) is 5.69 Å². The molecule has 2 amide bonds. The third-order valence-corrected chi connectivity index (χ3v) is 7.18. The molecule has 4 heterocycles. The van der Waals surface area contributed by atoms with Gasteiger partial charge in [0.05, 0.1) is 23.5 Å². The number of carbonyl (C=O) groups is 2. The van der Waals surface area contributed by atoms with Crippen molar-refractivity contribution in [1.29, 1.82) is 0 Å². The number of benzene rings is 1. The molecule has 2 aromatic rings. The summed E-state index contributed by atoms with van der Waals surface area (Å²) in [6, 6.07) is 6.56. The van der Waals surface area contributed by atoms with Gasteiger partial charge in [-0.05, 0) is 31.0 Å². The zero-order valence-electron chi connectivity index (χ0n) is 20.2. The van der Waals surface area contributed by atoms with E-state index < -0.39 is 4.92 Å². The number of carbonyl (C=O) groups excluding carboxylic acids is 2. The van der Waals surface area contributed by atoms with Crippen LogP contribution in [0.25, 0.3) is 0 Å². The van der Waals surface area contributed by atoms with Crippen LogP contribution in [0.4, 0.5) is 22.1 Å². The van der Waals surface area contributed by atoms with Gasteiger partial charge in [0.15, 0.2) is 0 Å². The van der Waals surface area contributed by atoms with Gasteiger partial charge in [-0.15, -0.1) is 0 Å². The van der Waals surface area contributed by atoms with Crippen molar-refractivity contribution in [2.75, 3.05) is 62.2 Å². The van der Waals surface area contributed by atoms with Crippen molar-refractivity contribution in [2.24, 2.45) is 5.92 Å². The quantitative estimate of drug-likeness (QED) is 0.459. The molecule has 2 unspecified atom stereocenters. The van der Waals surface area contributed by atoms with E-state index in [0.29, 0.717) is 64.8 Å². The van der Waals surface area contributed by atoms with Crippen molar-refractivity contribution in [1.82, 2.24) is 19.8 Å². The van der Waals surface area contributed by atoms with Crippen LogP contribution in [0.1, 0.15) is 12.5 Å². The van der Waals surface area contributed by atoms with Crippen molar-refractivity contribution in [3.8, 4) is 0 Å². The average molecular weight is 496 g/mol. The lowest BCUT2D eigenvalue weighted by Gasteiger charge is -2.50. The first-order valence-corrected chi connectivity index (χ1v) is 12.2. The summed E-state index contributed by atoms with van der Waals surface area (Å²) < 4.78 is 5.09. The molecule has 12 heteroatoms. The number of non-ortho nitro benzene ring substituents is 1. The second-order valence-electron chi connectivity index (χ2n) is 9.15. The van der Waals surface area contributed by atoms with Gasteiger partial charge in [-0.3, -0.25) is 14.9 Å². The zero-order valence-corrected chi connectivity index (χ0v) is 20.2. The molecule has 1 aromatic carbocycles. The molecule has 0 aliphatic carbocycles. The van der Waals surface area contributed by atoms with Gasteiger partial charge >= 0.3 is 6.09 Å². The standard InChI is InChI=1S/C24H29N7O5/c1-2-36-24(33)28-10-8-27(9-11-28)22(32)19-15-17-14-18(31(34)35)4-5-20(17)30-13-12-29(16-21(19)30)23-25-6-3-7-26-23/h3-7,14,19,21H,2,8-13,15-16H2,1H3. The van der Waals surface area contributed by atoms with E-state index in [9.17, 15) is 19.7 Å². The van der Waals surface area contributed by atoms with Crippen molar-refractivity contribution in [2.45, 2.75) is 19.4 Å². The largest absolute Gasteiger partial charge is 0.450 e. The second kappa shape index (κ2) is 9.96. The Kier molecular flexibility index (Phi) is 6.57. The van der Waals surface area contributed by atoms with Crippen LogP contribution in [-0.2, 0) is 16.0 Å². The van der Waals surface area contributed by atoms with E-state index in [1.165, 1.54) is 6.07 Å². The van der Waals surface area contributed by atoms with E-state index in [1.54, 1.807) is 47.3 Å². The van der Waals surface area contributed by atoms with Gasteiger partial charge in [0, 0.05) is 76.0 Å². The minimum absolute atomic E-state index is 0.00138. The highest BCUT2D eigenvalue weighted by Crippen LogP contribution is 2.39. The van der Waals surface area contributed by atoms with Crippen LogP contribution in [0.15, 0.2) is 36.7 Å². The van der Waals surface area contributed by atoms with Crippen LogP contribution < -0.4 is 9.80 Å². The number of hydrogen-bond acceptors (Lipinski definition) is 9. The molecule has 2 atom stereocenters. The van der Waals surface area contributed by atoms with Crippen LogP contribution in [0, 0.1) is 16.0 Å². The Bertz CT molecular complexity index is 1140. The third kappa shape index (κ3) is 4.50. The molecule has 3 aliphatic heterocycles. The topological polar surface area (TPSA) is 125 Å². The summed E-state index contributed by atoms with van der Waals surface area (Å²) in [5.41, 5.74) is 1.78. The van der Waals surface area contributed by atoms with Crippen LogP contribution in [0.2, 0.25) is 0 Å². The lowest BCUT2D eigenvalue weighted by molar-refractivity contribution is -0.384. The van der Waals surface area contributed by atoms with Gasteiger partial charge in [0.2, 0.25) is 11.9 Å². The minimum atomic E-state index is -0.400. The SMILES string of the molecule is CCOC(=O)N1CCN(C(=O)C2Cc3cc([N+](=O)[O-])ccc3N3CCN(c4ncccn4)CC23)CC1. The fraction of sp³-hybridized carbons (Fsp3) is 0.500. The molecular formula is C24H29N7O5. The lowest BCUT2D eigenvalue weighted by Crippen LogP contribution is -2.63. The average Bonchev–Trinajstić information content (AvgIpc) is 2.92. The molecular weight excluding hydrogens is 466 g/mol. The lowest BCUT2D eigenvalue weighted by atomic mass is 9.82. The molecule has 12 nitrogen and oxygen atoms in total. The number of rotatable bonds is 4. The monoisotopic (exact) mass is 495 g/mol. The summed E-state index contributed by atoms with van der Waals surface area (Å²) in [5, 5.41) is 11.4. The molecule has 0 saturated carbocycles. The number of hydrogen-bond donors (Lipinski definition) is 0. The highest BCUT2D eigenvalue weighted by Gasteiger charge is 2.44. The van der Waals surface area contributed by atoms with Crippen LogP contribution in [0.3, 0.4) is 0 Å². The maximum absolute atomic E-state index is 13.9. The Morgan fingerprint density at radius 2 is 1.81 bits per heavy atom. The Morgan fingerprint density at radius 3 is 2.50 bits per heavy atom. The first kappa shape index (κ1) is 23.8. The van der Waals surface area contributed by atoms with Gasteiger partial charge in [0.1, 0.15) is 0 Å². The Hall–Kier alpha value is -3.96. The summed E-state index contributed by atoms with van der Waals surface area (Å²) in [4.78, 5) is 53.5. The van der Waals surface area contributed by atoms with Gasteiger partial charge in [-0.25, -0.2) is 14.8 Å². The number of ether oxygens (including phenoxy) is 1. The van der Waals surface area contributed by atoms with E-state index in [1.807, 2.05) is 0 Å². The molecule has 0 bridgehead atoms. The second-order valence-corrected chi connectivity index (χ2v) is 9.15. The molecule has 5 rings (SSSR count). The predicted molar refractivity (Wildman–Crippen MR) is 131 cm³/mol. The smallest absolute Gasteiger partial charge is 0.409 e. The first-order chi connectivity index (χ1) is 17.5. The molecule has 0 N–H and O–H groups in total. The highest BCUT2D eigenvalue weighted by molar-refractivity contribution is 5.83. The summed E-state index contributed by atoms with van der Waals surface area (Å²) in [5.74, 6) is 0.238. The number of nitro benzene ring substituents is 1. The van der Waals surface area contributed by atoms with Gasteiger partial charge < -0.3 is 24.3 Å². The fourth-order valence-corrected chi connectivity index (χ4v) is 5.40. The van der Waals surface area contributed by atoms with Crippen LogP contribution in [0.5, 0.6) is 0 Å². The van der Waals surface area contributed by atoms with E-state index in [2.05, 4.69) is 19.8 Å². The maximum Gasteiger partial charge on any atom is 0.409 e. The molecule has 1 aromatic heterocycles. The normalized spacial score (nSPS) is 21.5. The van der Waals surface area contributed by atoms with Gasteiger partial charge in [-0.1, -0.05) is 0 Å². The molecule has 0 radical (unpaired) electrons. The molecule has 0 spiro atoms.